The number of likely N-dealkylation sites (tertiary alicyclic amines) is 1. The highest BCUT2D eigenvalue weighted by atomic mass is 35.5. The molecule has 0 aliphatic carbocycles. The van der Waals surface area contributed by atoms with Crippen LogP contribution in [0.15, 0.2) is 30.3 Å². The van der Waals surface area contributed by atoms with Gasteiger partial charge in [0.2, 0.25) is 0 Å². The third-order valence-electron chi connectivity index (χ3n) is 4.54. The predicted molar refractivity (Wildman–Crippen MR) is 95.8 cm³/mol. The lowest BCUT2D eigenvalue weighted by atomic mass is 10.1. The zero-order valence-electron chi connectivity index (χ0n) is 14.6. The molecule has 1 saturated heterocycles. The normalized spacial score (nSPS) is 19.7. The number of hydrogen-bond donors (Lipinski definition) is 1. The second-order valence-corrected chi connectivity index (χ2v) is 6.80. The van der Waals surface area contributed by atoms with Gasteiger partial charge in [-0.3, -0.25) is 9.59 Å². The first kappa shape index (κ1) is 18.4. The van der Waals surface area contributed by atoms with Crippen LogP contribution in [0.3, 0.4) is 0 Å². The van der Waals surface area contributed by atoms with Gasteiger partial charge in [-0.15, -0.1) is 0 Å². The lowest BCUT2D eigenvalue weighted by molar-refractivity contribution is -0.138. The molecule has 1 amide bonds. The van der Waals surface area contributed by atoms with E-state index in [4.69, 9.17) is 21.4 Å². The number of methoxy groups -OCH3 is 1. The van der Waals surface area contributed by atoms with E-state index in [1.165, 1.54) is 0 Å². The van der Waals surface area contributed by atoms with Crippen LogP contribution in [-0.2, 0) is 9.53 Å². The van der Waals surface area contributed by atoms with Gasteiger partial charge in [0.15, 0.2) is 5.69 Å². The van der Waals surface area contributed by atoms with Crippen molar-refractivity contribution in [2.45, 2.75) is 31.9 Å². The maximum atomic E-state index is 12.9. The van der Waals surface area contributed by atoms with E-state index in [9.17, 15) is 9.59 Å². The Morgan fingerprint density at radius 2 is 2.15 bits per heavy atom. The molecular formula is C18H20ClN3O4. The Morgan fingerprint density at radius 3 is 2.81 bits per heavy atom. The largest absolute Gasteiger partial charge is 0.481 e. The van der Waals surface area contributed by atoms with Gasteiger partial charge in [-0.25, -0.2) is 4.68 Å². The summed E-state index contributed by atoms with van der Waals surface area (Å²) >= 11 is 6.03. The van der Waals surface area contributed by atoms with Crippen molar-refractivity contribution in [3.05, 3.63) is 46.7 Å². The molecule has 1 aliphatic rings. The van der Waals surface area contributed by atoms with Gasteiger partial charge in [-0.1, -0.05) is 17.7 Å². The molecule has 1 fully saturated rings. The second-order valence-electron chi connectivity index (χ2n) is 6.37. The fourth-order valence-corrected chi connectivity index (χ4v) is 3.47. The van der Waals surface area contributed by atoms with Crippen LogP contribution in [0.2, 0.25) is 5.02 Å². The number of carbonyl (C=O) groups excluding carboxylic acids is 1. The molecule has 2 atom stereocenters. The van der Waals surface area contributed by atoms with E-state index in [1.54, 1.807) is 34.9 Å². The molecule has 3 rings (SSSR count). The summed E-state index contributed by atoms with van der Waals surface area (Å²) in [6.45, 7) is 2.21. The average molecular weight is 378 g/mol. The maximum absolute atomic E-state index is 12.9. The Morgan fingerprint density at radius 1 is 1.38 bits per heavy atom. The first-order valence-electron chi connectivity index (χ1n) is 8.27. The number of carbonyl (C=O) groups is 2. The minimum absolute atomic E-state index is 0.112. The van der Waals surface area contributed by atoms with Crippen molar-refractivity contribution >= 4 is 23.5 Å². The molecule has 0 spiro atoms. The van der Waals surface area contributed by atoms with Gasteiger partial charge in [0.05, 0.1) is 18.2 Å². The molecule has 2 aromatic rings. The highest BCUT2D eigenvalue weighted by molar-refractivity contribution is 6.30. The quantitative estimate of drug-likeness (QED) is 0.865. The van der Waals surface area contributed by atoms with Crippen LogP contribution in [0.5, 0.6) is 0 Å². The summed E-state index contributed by atoms with van der Waals surface area (Å²) in [7, 11) is 1.56. The van der Waals surface area contributed by atoms with Crippen molar-refractivity contribution in [2.24, 2.45) is 0 Å². The van der Waals surface area contributed by atoms with Gasteiger partial charge in [-0.2, -0.15) is 5.10 Å². The molecular weight excluding hydrogens is 358 g/mol. The number of carboxylic acids is 1. The molecule has 7 nitrogen and oxygen atoms in total. The molecule has 2 heterocycles. The molecule has 1 aromatic carbocycles. The Kier molecular flexibility index (Phi) is 5.29. The number of aromatic nitrogens is 2. The van der Waals surface area contributed by atoms with Crippen LogP contribution in [0.25, 0.3) is 5.69 Å². The number of aliphatic carboxylic acids is 1. The summed E-state index contributed by atoms with van der Waals surface area (Å²) in [6.07, 6.45) is 0.224. The first-order valence-corrected chi connectivity index (χ1v) is 8.65. The molecule has 1 N–H and O–H groups in total. The van der Waals surface area contributed by atoms with Crippen LogP contribution >= 0.6 is 11.6 Å². The van der Waals surface area contributed by atoms with E-state index >= 15 is 0 Å². The minimum atomic E-state index is -0.940. The summed E-state index contributed by atoms with van der Waals surface area (Å²) in [4.78, 5) is 25.6. The standard InChI is InChI=1S/C18H20ClN3O4/c1-11-6-16(20-22(11)13-5-3-4-12(19)7-13)18(25)21-10-15(26-2)8-14(21)9-17(23)24/h3-7,14-15H,8-10H2,1-2H3,(H,23,24). The van der Waals surface area contributed by atoms with Crippen LogP contribution in [0.1, 0.15) is 29.0 Å². The number of ether oxygens (including phenoxy) is 1. The molecule has 26 heavy (non-hydrogen) atoms. The van der Waals surface area contributed by atoms with E-state index in [0.29, 0.717) is 18.0 Å². The minimum Gasteiger partial charge on any atom is -0.481 e. The van der Waals surface area contributed by atoms with Crippen molar-refractivity contribution in [2.75, 3.05) is 13.7 Å². The van der Waals surface area contributed by atoms with Crippen LogP contribution in [0.4, 0.5) is 0 Å². The van der Waals surface area contributed by atoms with Crippen LogP contribution < -0.4 is 0 Å². The molecule has 8 heteroatoms. The average Bonchev–Trinajstić information content (AvgIpc) is 3.17. The number of carboxylic acid groups (broad SMARTS) is 1. The Hall–Kier alpha value is -2.38. The highest BCUT2D eigenvalue weighted by Gasteiger charge is 2.37. The Labute approximate surface area is 156 Å². The van der Waals surface area contributed by atoms with E-state index in [2.05, 4.69) is 5.10 Å². The van der Waals surface area contributed by atoms with Gasteiger partial charge >= 0.3 is 5.97 Å². The molecule has 0 radical (unpaired) electrons. The third-order valence-corrected chi connectivity index (χ3v) is 4.77. The Bertz CT molecular complexity index is 836. The van der Waals surface area contributed by atoms with E-state index in [-0.39, 0.29) is 24.1 Å². The number of halogens is 1. The summed E-state index contributed by atoms with van der Waals surface area (Å²) in [6, 6.07) is 8.49. The molecule has 1 aromatic heterocycles. The number of hydrogen-bond acceptors (Lipinski definition) is 4. The van der Waals surface area contributed by atoms with E-state index < -0.39 is 12.0 Å². The molecule has 138 valence electrons. The van der Waals surface area contributed by atoms with Crippen molar-refractivity contribution in [1.29, 1.82) is 0 Å². The van der Waals surface area contributed by atoms with Gasteiger partial charge in [0.1, 0.15) is 0 Å². The summed E-state index contributed by atoms with van der Waals surface area (Å²) < 4.78 is 6.97. The monoisotopic (exact) mass is 377 g/mol. The van der Waals surface area contributed by atoms with E-state index in [1.807, 2.05) is 19.1 Å². The smallest absolute Gasteiger partial charge is 0.305 e. The summed E-state index contributed by atoms with van der Waals surface area (Å²) in [5.74, 6) is -1.23. The topological polar surface area (TPSA) is 84.7 Å². The van der Waals surface area contributed by atoms with Crippen LogP contribution in [-0.4, -0.2) is 57.5 Å². The number of amides is 1. The van der Waals surface area contributed by atoms with Crippen molar-refractivity contribution in [1.82, 2.24) is 14.7 Å². The zero-order chi connectivity index (χ0) is 18.8. The molecule has 2 unspecified atom stereocenters. The second kappa shape index (κ2) is 7.47. The molecule has 0 bridgehead atoms. The van der Waals surface area contributed by atoms with Gasteiger partial charge < -0.3 is 14.7 Å². The summed E-state index contributed by atoms with van der Waals surface area (Å²) in [5.41, 5.74) is 1.81. The fourth-order valence-electron chi connectivity index (χ4n) is 3.28. The van der Waals surface area contributed by atoms with Crippen LogP contribution in [0, 0.1) is 6.92 Å². The molecule has 1 aliphatic heterocycles. The Balaban J connectivity index is 1.87. The fraction of sp³-hybridized carbons (Fsp3) is 0.389. The van der Waals surface area contributed by atoms with E-state index in [0.717, 1.165) is 11.4 Å². The van der Waals surface area contributed by atoms with Crippen molar-refractivity contribution in [3.8, 4) is 5.69 Å². The summed E-state index contributed by atoms with van der Waals surface area (Å²) in [5, 5.41) is 14.1. The highest BCUT2D eigenvalue weighted by Crippen LogP contribution is 2.25. The number of benzene rings is 1. The van der Waals surface area contributed by atoms with Gasteiger partial charge in [0.25, 0.3) is 5.91 Å². The number of aryl methyl sites for hydroxylation is 1. The molecule has 0 saturated carbocycles. The predicted octanol–water partition coefficient (Wildman–Crippen LogP) is 2.54. The number of nitrogens with zero attached hydrogens (tertiary/aromatic N) is 3. The zero-order valence-corrected chi connectivity index (χ0v) is 15.3. The lowest BCUT2D eigenvalue weighted by Crippen LogP contribution is -2.37. The number of rotatable bonds is 5. The third kappa shape index (κ3) is 3.73. The SMILES string of the molecule is COC1CC(CC(=O)O)N(C(=O)c2cc(C)n(-c3cccc(Cl)c3)n2)C1. The maximum Gasteiger partial charge on any atom is 0.305 e. The van der Waals surface area contributed by atoms with Crippen molar-refractivity contribution < 1.29 is 19.4 Å². The lowest BCUT2D eigenvalue weighted by Gasteiger charge is -2.22. The van der Waals surface area contributed by atoms with Crippen molar-refractivity contribution in [3.63, 3.8) is 0 Å². The first-order chi connectivity index (χ1) is 12.4. The van der Waals surface area contributed by atoms with Gasteiger partial charge in [0, 0.05) is 30.4 Å². The van der Waals surface area contributed by atoms with Gasteiger partial charge in [-0.05, 0) is 37.6 Å².